The zero-order valence-corrected chi connectivity index (χ0v) is 11.2. The lowest BCUT2D eigenvalue weighted by Crippen LogP contribution is -2.31. The topological polar surface area (TPSA) is 69.6 Å². The molecule has 0 bridgehead atoms. The molecular formula is C11H17FN2O3S. The van der Waals surface area contributed by atoms with Gasteiger partial charge in [0.1, 0.15) is 11.6 Å². The molecule has 0 aliphatic rings. The number of aromatic hydroxyl groups is 1. The van der Waals surface area contributed by atoms with Crippen molar-refractivity contribution in [3.05, 3.63) is 29.6 Å². The molecule has 18 heavy (non-hydrogen) atoms. The van der Waals surface area contributed by atoms with Gasteiger partial charge in [-0.1, -0.05) is 0 Å². The molecule has 0 radical (unpaired) electrons. The molecule has 0 spiro atoms. The van der Waals surface area contributed by atoms with Crippen molar-refractivity contribution < 1.29 is 17.9 Å². The van der Waals surface area contributed by atoms with Crippen molar-refractivity contribution in [3.8, 4) is 5.75 Å². The quantitative estimate of drug-likeness (QED) is 0.743. The maximum atomic E-state index is 12.9. The van der Waals surface area contributed by atoms with Crippen LogP contribution in [-0.4, -0.2) is 44.2 Å². The van der Waals surface area contributed by atoms with E-state index >= 15 is 0 Å². The smallest absolute Gasteiger partial charge is 0.214 e. The highest BCUT2D eigenvalue weighted by molar-refractivity contribution is 7.89. The second-order valence-electron chi connectivity index (χ2n) is 4.05. The Hall–Kier alpha value is -1.18. The zero-order valence-electron chi connectivity index (χ0n) is 10.4. The van der Waals surface area contributed by atoms with Crippen LogP contribution in [0, 0.1) is 5.82 Å². The Morgan fingerprint density at radius 3 is 2.67 bits per heavy atom. The van der Waals surface area contributed by atoms with Crippen LogP contribution >= 0.6 is 0 Å². The summed E-state index contributed by atoms with van der Waals surface area (Å²) in [6.07, 6.45) is 0. The Morgan fingerprint density at radius 1 is 1.39 bits per heavy atom. The van der Waals surface area contributed by atoms with Gasteiger partial charge >= 0.3 is 0 Å². The average Bonchev–Trinajstić information content (AvgIpc) is 2.28. The normalized spacial score (nSPS) is 12.0. The molecule has 0 unspecified atom stereocenters. The highest BCUT2D eigenvalue weighted by Gasteiger charge is 2.12. The predicted molar refractivity (Wildman–Crippen MR) is 67.2 cm³/mol. The lowest BCUT2D eigenvalue weighted by Gasteiger charge is -2.12. The molecule has 7 heteroatoms. The third-order valence-electron chi connectivity index (χ3n) is 2.45. The van der Waals surface area contributed by atoms with E-state index in [0.29, 0.717) is 5.56 Å². The second kappa shape index (κ2) is 6.12. The van der Waals surface area contributed by atoms with E-state index in [0.717, 1.165) is 10.4 Å². The van der Waals surface area contributed by atoms with E-state index in [4.69, 9.17) is 0 Å². The van der Waals surface area contributed by atoms with Crippen molar-refractivity contribution in [1.82, 2.24) is 9.62 Å². The number of hydrogen-bond acceptors (Lipinski definition) is 4. The Morgan fingerprint density at radius 2 is 2.06 bits per heavy atom. The maximum Gasteiger partial charge on any atom is 0.214 e. The van der Waals surface area contributed by atoms with Crippen LogP contribution in [0.3, 0.4) is 0 Å². The first-order chi connectivity index (χ1) is 8.33. The molecule has 1 aromatic carbocycles. The van der Waals surface area contributed by atoms with Crippen molar-refractivity contribution in [2.75, 3.05) is 26.4 Å². The van der Waals surface area contributed by atoms with Crippen LogP contribution in [0.15, 0.2) is 18.2 Å². The number of halogens is 1. The number of nitrogens with one attached hydrogen (secondary N) is 1. The van der Waals surface area contributed by atoms with Gasteiger partial charge in [0, 0.05) is 32.7 Å². The summed E-state index contributed by atoms with van der Waals surface area (Å²) in [5.74, 6) is -0.499. The molecule has 0 amide bonds. The molecule has 0 fully saturated rings. The third kappa shape index (κ3) is 4.25. The van der Waals surface area contributed by atoms with Crippen molar-refractivity contribution >= 4 is 10.0 Å². The predicted octanol–water partition coefficient (Wildman–Crippen LogP) is 0.512. The van der Waals surface area contributed by atoms with E-state index in [2.05, 4.69) is 5.32 Å². The van der Waals surface area contributed by atoms with Gasteiger partial charge in [-0.05, 0) is 18.2 Å². The van der Waals surface area contributed by atoms with Crippen LogP contribution in [0.5, 0.6) is 5.75 Å². The number of sulfonamides is 1. The maximum absolute atomic E-state index is 12.9. The number of phenols is 1. The summed E-state index contributed by atoms with van der Waals surface area (Å²) in [5.41, 5.74) is 0.400. The van der Waals surface area contributed by atoms with Gasteiger partial charge < -0.3 is 10.4 Å². The Bertz CT molecular complexity index is 503. The first-order valence-corrected chi connectivity index (χ1v) is 7.02. The summed E-state index contributed by atoms with van der Waals surface area (Å²) < 4.78 is 36.9. The van der Waals surface area contributed by atoms with Crippen LogP contribution in [-0.2, 0) is 16.6 Å². The Kier molecular flexibility index (Phi) is 5.06. The number of rotatable bonds is 6. The van der Waals surface area contributed by atoms with E-state index in [-0.39, 0.29) is 24.6 Å². The monoisotopic (exact) mass is 276 g/mol. The molecule has 102 valence electrons. The van der Waals surface area contributed by atoms with E-state index in [9.17, 15) is 17.9 Å². The summed E-state index contributed by atoms with van der Waals surface area (Å²) in [6.45, 7) is 0.447. The van der Waals surface area contributed by atoms with E-state index < -0.39 is 15.8 Å². The molecule has 0 aliphatic heterocycles. The van der Waals surface area contributed by atoms with Gasteiger partial charge in [0.25, 0.3) is 0 Å². The minimum Gasteiger partial charge on any atom is -0.508 e. The van der Waals surface area contributed by atoms with Crippen molar-refractivity contribution in [2.24, 2.45) is 0 Å². The third-order valence-corrected chi connectivity index (χ3v) is 4.28. The summed E-state index contributed by atoms with van der Waals surface area (Å²) in [7, 11) is -0.305. The fraction of sp³-hybridized carbons (Fsp3) is 0.455. The Balaban J connectivity index is 2.46. The second-order valence-corrected chi connectivity index (χ2v) is 6.35. The molecule has 0 saturated heterocycles. The summed E-state index contributed by atoms with van der Waals surface area (Å²) in [4.78, 5) is 0. The number of benzene rings is 1. The first-order valence-electron chi connectivity index (χ1n) is 5.41. The zero-order chi connectivity index (χ0) is 13.8. The van der Waals surface area contributed by atoms with Gasteiger partial charge in [0.05, 0.1) is 5.75 Å². The molecule has 5 nitrogen and oxygen atoms in total. The van der Waals surface area contributed by atoms with Crippen LogP contribution in [0.2, 0.25) is 0 Å². The molecule has 0 aliphatic carbocycles. The average molecular weight is 276 g/mol. The van der Waals surface area contributed by atoms with Gasteiger partial charge in [0.15, 0.2) is 0 Å². The molecular weight excluding hydrogens is 259 g/mol. The van der Waals surface area contributed by atoms with Gasteiger partial charge in [-0.25, -0.2) is 17.1 Å². The fourth-order valence-corrected chi connectivity index (χ4v) is 2.07. The van der Waals surface area contributed by atoms with E-state index in [1.165, 1.54) is 26.2 Å². The number of phenolic OH excluding ortho intramolecular Hbond substituents is 1. The largest absolute Gasteiger partial charge is 0.508 e. The summed E-state index contributed by atoms with van der Waals surface area (Å²) in [6, 6.07) is 3.64. The van der Waals surface area contributed by atoms with Crippen LogP contribution in [0.25, 0.3) is 0 Å². The van der Waals surface area contributed by atoms with Crippen molar-refractivity contribution in [2.45, 2.75) is 6.54 Å². The van der Waals surface area contributed by atoms with E-state index in [1.807, 2.05) is 0 Å². The Labute approximate surface area is 106 Å². The first kappa shape index (κ1) is 14.9. The van der Waals surface area contributed by atoms with Gasteiger partial charge in [0.2, 0.25) is 10.0 Å². The van der Waals surface area contributed by atoms with Gasteiger partial charge in [-0.15, -0.1) is 0 Å². The van der Waals surface area contributed by atoms with Crippen molar-refractivity contribution in [1.29, 1.82) is 0 Å². The SMILES string of the molecule is CN(C)S(=O)(=O)CCNCc1cc(F)ccc1O. The molecule has 0 atom stereocenters. The van der Waals surface area contributed by atoms with Gasteiger partial charge in [-0.3, -0.25) is 0 Å². The molecule has 0 saturated carbocycles. The molecule has 1 aromatic rings. The minimum absolute atomic E-state index is 0.0145. The van der Waals surface area contributed by atoms with E-state index in [1.54, 1.807) is 0 Å². The lowest BCUT2D eigenvalue weighted by molar-refractivity contribution is 0.462. The van der Waals surface area contributed by atoms with Crippen LogP contribution in [0.4, 0.5) is 4.39 Å². The highest BCUT2D eigenvalue weighted by Crippen LogP contribution is 2.17. The molecule has 1 rings (SSSR count). The number of nitrogens with zero attached hydrogens (tertiary/aromatic N) is 1. The molecule has 2 N–H and O–H groups in total. The lowest BCUT2D eigenvalue weighted by atomic mass is 10.2. The fourth-order valence-electron chi connectivity index (χ4n) is 1.30. The highest BCUT2D eigenvalue weighted by atomic mass is 32.2. The van der Waals surface area contributed by atoms with Crippen LogP contribution < -0.4 is 5.32 Å². The molecule has 0 aromatic heterocycles. The standard InChI is InChI=1S/C11H17FN2O3S/c1-14(2)18(16,17)6-5-13-8-9-7-10(12)3-4-11(9)15/h3-4,7,13,15H,5-6,8H2,1-2H3. The molecule has 0 heterocycles. The van der Waals surface area contributed by atoms with Crippen LogP contribution in [0.1, 0.15) is 5.56 Å². The summed E-state index contributed by atoms with van der Waals surface area (Å²) in [5, 5.41) is 12.3. The van der Waals surface area contributed by atoms with Gasteiger partial charge in [-0.2, -0.15) is 0 Å². The minimum atomic E-state index is -3.24. The number of hydrogen-bond donors (Lipinski definition) is 2. The van der Waals surface area contributed by atoms with Crippen molar-refractivity contribution in [3.63, 3.8) is 0 Å². The summed E-state index contributed by atoms with van der Waals surface area (Å²) >= 11 is 0.